The van der Waals surface area contributed by atoms with Gasteiger partial charge in [-0.1, -0.05) is 6.92 Å². The minimum Gasteiger partial charge on any atom is -0.315 e. The third-order valence-corrected chi connectivity index (χ3v) is 3.51. The summed E-state index contributed by atoms with van der Waals surface area (Å²) >= 11 is 0. The smallest absolute Gasteiger partial charge is 0.0104 e. The van der Waals surface area contributed by atoms with Crippen LogP contribution in [0.2, 0.25) is 0 Å². The van der Waals surface area contributed by atoms with E-state index in [4.69, 9.17) is 0 Å². The summed E-state index contributed by atoms with van der Waals surface area (Å²) in [5.74, 6) is 0.923. The summed E-state index contributed by atoms with van der Waals surface area (Å²) in [6.07, 6.45) is 3.99. The fourth-order valence-corrected chi connectivity index (χ4v) is 2.35. The van der Waals surface area contributed by atoms with Crippen molar-refractivity contribution < 1.29 is 0 Å². The first-order chi connectivity index (χ1) is 7.72. The summed E-state index contributed by atoms with van der Waals surface area (Å²) in [6, 6.07) is 0. The lowest BCUT2D eigenvalue weighted by Gasteiger charge is -2.31. The molecule has 0 aromatic carbocycles. The Hall–Kier alpha value is -0.120. The summed E-state index contributed by atoms with van der Waals surface area (Å²) in [7, 11) is 4.49. The molecule has 1 aliphatic rings. The van der Waals surface area contributed by atoms with Crippen LogP contribution in [0.25, 0.3) is 0 Å². The van der Waals surface area contributed by atoms with Gasteiger partial charge >= 0.3 is 0 Å². The third-order valence-electron chi connectivity index (χ3n) is 3.51. The van der Waals surface area contributed by atoms with Crippen molar-refractivity contribution in [3.05, 3.63) is 0 Å². The second kappa shape index (κ2) is 8.04. The molecule has 0 spiro atoms. The molecule has 0 radical (unpaired) electrons. The molecule has 1 aliphatic heterocycles. The van der Waals surface area contributed by atoms with Crippen molar-refractivity contribution >= 4 is 0 Å². The molecular weight excluding hydrogens is 198 g/mol. The molecule has 1 N–H and O–H groups in total. The molecule has 1 fully saturated rings. The van der Waals surface area contributed by atoms with Gasteiger partial charge < -0.3 is 15.1 Å². The highest BCUT2D eigenvalue weighted by molar-refractivity contribution is 4.72. The number of nitrogens with zero attached hydrogens (tertiary/aromatic N) is 2. The number of rotatable bonds is 7. The normalized spacial score (nSPS) is 19.5. The van der Waals surface area contributed by atoms with Gasteiger partial charge in [0.2, 0.25) is 0 Å². The average molecular weight is 227 g/mol. The molecule has 0 bridgehead atoms. The Labute approximate surface area is 101 Å². The lowest BCUT2D eigenvalue weighted by molar-refractivity contribution is 0.176. The van der Waals surface area contributed by atoms with E-state index < -0.39 is 0 Å². The summed E-state index contributed by atoms with van der Waals surface area (Å²) in [5.41, 5.74) is 0. The van der Waals surface area contributed by atoms with E-state index in [1.807, 2.05) is 0 Å². The first-order valence-electron chi connectivity index (χ1n) is 6.80. The molecule has 0 amide bonds. The second-order valence-corrected chi connectivity index (χ2v) is 5.26. The van der Waals surface area contributed by atoms with E-state index in [-0.39, 0.29) is 0 Å². The third kappa shape index (κ3) is 5.83. The van der Waals surface area contributed by atoms with Crippen LogP contribution < -0.4 is 5.32 Å². The largest absolute Gasteiger partial charge is 0.315 e. The number of piperidine rings is 1. The minimum absolute atomic E-state index is 0.923. The maximum atomic E-state index is 3.46. The predicted octanol–water partition coefficient (Wildman–Crippen LogP) is 1.26. The van der Waals surface area contributed by atoms with E-state index in [1.165, 1.54) is 45.4 Å². The monoisotopic (exact) mass is 227 g/mol. The van der Waals surface area contributed by atoms with Crippen LogP contribution in [0.4, 0.5) is 0 Å². The van der Waals surface area contributed by atoms with Gasteiger partial charge in [-0.3, -0.25) is 0 Å². The lowest BCUT2D eigenvalue weighted by Crippen LogP contribution is -2.37. The van der Waals surface area contributed by atoms with Crippen molar-refractivity contribution in [2.75, 3.05) is 53.4 Å². The van der Waals surface area contributed by atoms with Gasteiger partial charge in [0.15, 0.2) is 0 Å². The Kier molecular flexibility index (Phi) is 7.01. The predicted molar refractivity (Wildman–Crippen MR) is 70.9 cm³/mol. The molecule has 1 heterocycles. The lowest BCUT2D eigenvalue weighted by atomic mass is 9.97. The Bertz CT molecular complexity index is 165. The Morgan fingerprint density at radius 2 is 1.94 bits per heavy atom. The SMILES string of the molecule is CCCNCCN(C)CC1CCN(C)CC1. The summed E-state index contributed by atoms with van der Waals surface area (Å²) in [4.78, 5) is 4.93. The van der Waals surface area contributed by atoms with Gasteiger partial charge in [0.25, 0.3) is 0 Å². The molecule has 0 atom stereocenters. The average Bonchev–Trinajstić information content (AvgIpc) is 2.28. The highest BCUT2D eigenvalue weighted by Crippen LogP contribution is 2.16. The Balaban J connectivity index is 2.02. The van der Waals surface area contributed by atoms with E-state index in [0.29, 0.717) is 0 Å². The molecule has 0 aliphatic carbocycles. The number of likely N-dealkylation sites (tertiary alicyclic amines) is 1. The molecule has 0 aromatic rings. The van der Waals surface area contributed by atoms with Crippen molar-refractivity contribution in [3.8, 4) is 0 Å². The fourth-order valence-electron chi connectivity index (χ4n) is 2.35. The molecule has 0 aromatic heterocycles. The van der Waals surface area contributed by atoms with Crippen LogP contribution >= 0.6 is 0 Å². The number of nitrogens with one attached hydrogen (secondary N) is 1. The molecule has 0 saturated carbocycles. The standard InChI is InChI=1S/C13H29N3/c1-4-7-14-8-11-16(3)12-13-5-9-15(2)10-6-13/h13-14H,4-12H2,1-3H3. The van der Waals surface area contributed by atoms with E-state index in [0.717, 1.165) is 19.0 Å². The van der Waals surface area contributed by atoms with Crippen molar-refractivity contribution in [1.29, 1.82) is 0 Å². The summed E-state index contributed by atoms with van der Waals surface area (Å²) < 4.78 is 0. The summed E-state index contributed by atoms with van der Waals surface area (Å²) in [6.45, 7) is 9.54. The van der Waals surface area contributed by atoms with Crippen LogP contribution in [-0.2, 0) is 0 Å². The zero-order chi connectivity index (χ0) is 11.8. The van der Waals surface area contributed by atoms with Crippen LogP contribution in [-0.4, -0.2) is 63.2 Å². The first kappa shape index (κ1) is 13.9. The van der Waals surface area contributed by atoms with Gasteiger partial charge in [-0.25, -0.2) is 0 Å². The van der Waals surface area contributed by atoms with E-state index in [2.05, 4.69) is 36.1 Å². The first-order valence-corrected chi connectivity index (χ1v) is 6.80. The molecule has 96 valence electrons. The number of hydrogen-bond donors (Lipinski definition) is 1. The molecular formula is C13H29N3. The molecule has 1 rings (SSSR count). The van der Waals surface area contributed by atoms with Gasteiger partial charge in [0.1, 0.15) is 0 Å². The van der Waals surface area contributed by atoms with Crippen molar-refractivity contribution in [2.24, 2.45) is 5.92 Å². The zero-order valence-electron chi connectivity index (χ0n) is 11.3. The van der Waals surface area contributed by atoms with Crippen LogP contribution in [0.1, 0.15) is 26.2 Å². The van der Waals surface area contributed by atoms with Crippen molar-refractivity contribution in [2.45, 2.75) is 26.2 Å². The maximum Gasteiger partial charge on any atom is 0.0104 e. The van der Waals surface area contributed by atoms with Crippen molar-refractivity contribution in [1.82, 2.24) is 15.1 Å². The quantitative estimate of drug-likeness (QED) is 0.661. The zero-order valence-corrected chi connectivity index (χ0v) is 11.3. The maximum absolute atomic E-state index is 3.46. The van der Waals surface area contributed by atoms with Gasteiger partial charge in [-0.05, 0) is 58.9 Å². The van der Waals surface area contributed by atoms with Crippen LogP contribution in [0, 0.1) is 5.92 Å². The van der Waals surface area contributed by atoms with Crippen LogP contribution in [0.5, 0.6) is 0 Å². The molecule has 3 heteroatoms. The minimum atomic E-state index is 0.923. The number of hydrogen-bond acceptors (Lipinski definition) is 3. The van der Waals surface area contributed by atoms with E-state index in [1.54, 1.807) is 0 Å². The molecule has 16 heavy (non-hydrogen) atoms. The highest BCUT2D eigenvalue weighted by Gasteiger charge is 2.17. The Morgan fingerprint density at radius 1 is 1.25 bits per heavy atom. The van der Waals surface area contributed by atoms with Crippen LogP contribution in [0.15, 0.2) is 0 Å². The summed E-state index contributed by atoms with van der Waals surface area (Å²) in [5, 5.41) is 3.46. The number of likely N-dealkylation sites (N-methyl/N-ethyl adjacent to an activating group) is 1. The van der Waals surface area contributed by atoms with Gasteiger partial charge in [-0.15, -0.1) is 0 Å². The van der Waals surface area contributed by atoms with Crippen LogP contribution in [0.3, 0.4) is 0 Å². The van der Waals surface area contributed by atoms with E-state index in [9.17, 15) is 0 Å². The van der Waals surface area contributed by atoms with Gasteiger partial charge in [0.05, 0.1) is 0 Å². The fraction of sp³-hybridized carbons (Fsp3) is 1.00. The molecule has 0 unspecified atom stereocenters. The van der Waals surface area contributed by atoms with Crippen molar-refractivity contribution in [3.63, 3.8) is 0 Å². The van der Waals surface area contributed by atoms with Gasteiger partial charge in [-0.2, -0.15) is 0 Å². The second-order valence-electron chi connectivity index (χ2n) is 5.26. The Morgan fingerprint density at radius 3 is 2.56 bits per heavy atom. The molecule has 1 saturated heterocycles. The van der Waals surface area contributed by atoms with E-state index >= 15 is 0 Å². The topological polar surface area (TPSA) is 18.5 Å². The highest BCUT2D eigenvalue weighted by atomic mass is 15.1. The molecule has 3 nitrogen and oxygen atoms in total. The van der Waals surface area contributed by atoms with Gasteiger partial charge in [0, 0.05) is 19.6 Å².